The molecule has 2 heterocycles. The molecule has 0 spiro atoms. The molecule has 0 saturated carbocycles. The van der Waals surface area contributed by atoms with Gasteiger partial charge in [-0.2, -0.15) is 31.8 Å². The SMILES string of the molecule is COc1ccc(-n2c(=O)c(C#N)c(OS(=O)(=O)C(F)(F)F)c3cnc(Nc4ccccc4OC)nc32)c(OC)c1. The van der Waals surface area contributed by atoms with E-state index in [1.807, 2.05) is 0 Å². The first-order valence-corrected chi connectivity index (χ1v) is 12.4. The number of benzene rings is 2. The van der Waals surface area contributed by atoms with Crippen LogP contribution in [0.25, 0.3) is 16.7 Å². The van der Waals surface area contributed by atoms with Gasteiger partial charge >= 0.3 is 15.6 Å². The van der Waals surface area contributed by atoms with E-state index in [4.69, 9.17) is 14.2 Å². The van der Waals surface area contributed by atoms with Crippen LogP contribution in [0.1, 0.15) is 5.56 Å². The zero-order valence-electron chi connectivity index (χ0n) is 20.8. The highest BCUT2D eigenvalue weighted by atomic mass is 32.2. The minimum atomic E-state index is -6.29. The Bertz CT molecular complexity index is 1820. The first-order chi connectivity index (χ1) is 18.9. The fourth-order valence-corrected chi connectivity index (χ4v) is 4.09. The quantitative estimate of drug-likeness (QED) is 0.241. The van der Waals surface area contributed by atoms with Gasteiger partial charge in [0, 0.05) is 12.3 Å². The number of halogens is 3. The van der Waals surface area contributed by atoms with Gasteiger partial charge in [-0.05, 0) is 24.3 Å². The highest BCUT2D eigenvalue weighted by Gasteiger charge is 2.49. The molecule has 0 aliphatic heterocycles. The van der Waals surface area contributed by atoms with Crippen LogP contribution in [-0.2, 0) is 10.1 Å². The molecule has 16 heteroatoms. The minimum absolute atomic E-state index is 0.00182. The van der Waals surface area contributed by atoms with Crippen molar-refractivity contribution >= 4 is 32.8 Å². The maximum atomic E-state index is 13.6. The third kappa shape index (κ3) is 5.01. The predicted octanol–water partition coefficient (Wildman–Crippen LogP) is 3.65. The van der Waals surface area contributed by atoms with Crippen LogP contribution in [-0.4, -0.2) is 49.8 Å². The van der Waals surface area contributed by atoms with Gasteiger partial charge in [-0.15, -0.1) is 0 Å². The maximum Gasteiger partial charge on any atom is 0.534 e. The zero-order chi connectivity index (χ0) is 29.2. The van der Waals surface area contributed by atoms with Crippen molar-refractivity contribution in [3.63, 3.8) is 0 Å². The summed E-state index contributed by atoms with van der Waals surface area (Å²) in [6, 6.07) is 12.3. The van der Waals surface area contributed by atoms with Gasteiger partial charge in [-0.25, -0.2) is 4.98 Å². The first kappa shape index (κ1) is 28.0. The Labute approximate surface area is 224 Å². The van der Waals surface area contributed by atoms with Crippen LogP contribution in [0.15, 0.2) is 53.5 Å². The summed E-state index contributed by atoms with van der Waals surface area (Å²) in [6.07, 6.45) is 0.911. The molecule has 1 N–H and O–H groups in total. The van der Waals surface area contributed by atoms with Crippen molar-refractivity contribution in [3.8, 4) is 34.8 Å². The Hall–Kier alpha value is -5.04. The summed E-state index contributed by atoms with van der Waals surface area (Å²) < 4.78 is 84.3. The Morgan fingerprint density at radius 2 is 1.73 bits per heavy atom. The molecule has 0 aliphatic carbocycles. The summed E-state index contributed by atoms with van der Waals surface area (Å²) >= 11 is 0. The Balaban J connectivity index is 2.08. The molecule has 2 aromatic heterocycles. The van der Waals surface area contributed by atoms with Gasteiger partial charge in [0.2, 0.25) is 5.95 Å². The third-order valence-corrected chi connectivity index (χ3v) is 6.39. The van der Waals surface area contributed by atoms with Crippen molar-refractivity contribution in [2.75, 3.05) is 26.6 Å². The van der Waals surface area contributed by atoms with Crippen molar-refractivity contribution in [2.45, 2.75) is 5.51 Å². The molecule has 40 heavy (non-hydrogen) atoms. The molecule has 12 nitrogen and oxygen atoms in total. The van der Waals surface area contributed by atoms with Crippen LogP contribution in [0.4, 0.5) is 24.8 Å². The number of nitrogens with zero attached hydrogens (tertiary/aromatic N) is 4. The number of hydrogen-bond donors (Lipinski definition) is 1. The number of alkyl halides is 3. The number of rotatable bonds is 8. The number of aromatic nitrogens is 3. The summed E-state index contributed by atoms with van der Waals surface area (Å²) in [6.45, 7) is 0. The fraction of sp³-hybridized carbons (Fsp3) is 0.167. The van der Waals surface area contributed by atoms with Crippen LogP contribution in [0.3, 0.4) is 0 Å². The van der Waals surface area contributed by atoms with Crippen LogP contribution in [0.2, 0.25) is 0 Å². The summed E-state index contributed by atoms with van der Waals surface area (Å²) in [5.74, 6) is -0.566. The van der Waals surface area contributed by atoms with Gasteiger partial charge in [-0.1, -0.05) is 12.1 Å². The van der Waals surface area contributed by atoms with E-state index >= 15 is 0 Å². The molecule has 0 bridgehead atoms. The topological polar surface area (TPSA) is 155 Å². The van der Waals surface area contributed by atoms with Crippen LogP contribution in [0.5, 0.6) is 23.0 Å². The highest BCUT2D eigenvalue weighted by molar-refractivity contribution is 7.88. The average Bonchev–Trinajstić information content (AvgIpc) is 2.92. The number of fused-ring (bicyclic) bond motifs is 1. The van der Waals surface area contributed by atoms with Crippen LogP contribution < -0.4 is 29.3 Å². The molecule has 2 aromatic carbocycles. The van der Waals surface area contributed by atoms with E-state index in [0.717, 1.165) is 10.8 Å². The summed E-state index contributed by atoms with van der Waals surface area (Å²) in [7, 11) is -2.19. The monoisotopic (exact) mass is 577 g/mol. The summed E-state index contributed by atoms with van der Waals surface area (Å²) in [5, 5.41) is 12.1. The van der Waals surface area contributed by atoms with E-state index < -0.39 is 43.5 Å². The summed E-state index contributed by atoms with van der Waals surface area (Å²) in [4.78, 5) is 21.9. The molecule has 0 aliphatic rings. The maximum absolute atomic E-state index is 13.6. The number of hydrogen-bond acceptors (Lipinski definition) is 11. The average molecular weight is 577 g/mol. The second-order valence-corrected chi connectivity index (χ2v) is 9.27. The number of anilines is 2. The highest BCUT2D eigenvalue weighted by Crippen LogP contribution is 2.36. The standard InChI is InChI=1S/C24H18F3N5O7S/c1-36-13-8-9-17(19(10-13)38-3)32-21-15(12-29-23(31-21)30-16-6-4-5-7-18(16)37-2)20(14(11-28)22(32)33)39-40(34,35)24(25,26)27/h4-10,12H,1-3H3,(H,29,30,31). The van der Waals surface area contributed by atoms with Gasteiger partial charge < -0.3 is 23.7 Å². The summed E-state index contributed by atoms with van der Waals surface area (Å²) in [5.41, 5.74) is -8.16. The molecule has 0 amide bonds. The van der Waals surface area contributed by atoms with E-state index in [-0.39, 0.29) is 17.4 Å². The normalized spacial score (nSPS) is 11.5. The number of ether oxygens (including phenoxy) is 3. The number of nitriles is 1. The lowest BCUT2D eigenvalue weighted by Crippen LogP contribution is -2.30. The molecule has 4 aromatic rings. The lowest BCUT2D eigenvalue weighted by atomic mass is 10.2. The van der Waals surface area contributed by atoms with Crippen LogP contribution >= 0.6 is 0 Å². The van der Waals surface area contributed by atoms with Gasteiger partial charge in [0.25, 0.3) is 5.56 Å². The number of methoxy groups -OCH3 is 3. The van der Waals surface area contributed by atoms with E-state index in [2.05, 4.69) is 19.5 Å². The predicted molar refractivity (Wildman–Crippen MR) is 135 cm³/mol. The molecule has 0 radical (unpaired) electrons. The lowest BCUT2D eigenvalue weighted by molar-refractivity contribution is -0.0499. The molecular formula is C24H18F3N5O7S. The Morgan fingerprint density at radius 3 is 2.35 bits per heavy atom. The van der Waals surface area contributed by atoms with Crippen LogP contribution in [0, 0.1) is 11.3 Å². The van der Waals surface area contributed by atoms with Crippen molar-refractivity contribution in [2.24, 2.45) is 0 Å². The molecular weight excluding hydrogens is 559 g/mol. The molecule has 0 unspecified atom stereocenters. The third-order valence-electron chi connectivity index (χ3n) is 5.44. The Kier molecular flexibility index (Phi) is 7.42. The van der Waals surface area contributed by atoms with E-state index in [0.29, 0.717) is 17.2 Å². The largest absolute Gasteiger partial charge is 0.534 e. The number of para-hydroxylation sites is 2. The lowest BCUT2D eigenvalue weighted by Gasteiger charge is -2.18. The van der Waals surface area contributed by atoms with E-state index in [1.165, 1.54) is 45.6 Å². The second kappa shape index (κ2) is 10.6. The Morgan fingerprint density at radius 1 is 1.02 bits per heavy atom. The van der Waals surface area contributed by atoms with E-state index in [9.17, 15) is 31.6 Å². The second-order valence-electron chi connectivity index (χ2n) is 7.73. The minimum Gasteiger partial charge on any atom is -0.497 e. The van der Waals surface area contributed by atoms with Gasteiger partial charge in [0.05, 0.1) is 38.1 Å². The van der Waals surface area contributed by atoms with E-state index in [1.54, 1.807) is 24.3 Å². The molecule has 4 rings (SSSR count). The molecule has 208 valence electrons. The number of nitrogens with one attached hydrogen (secondary N) is 1. The van der Waals surface area contributed by atoms with Crippen molar-refractivity contribution in [1.82, 2.24) is 14.5 Å². The first-order valence-electron chi connectivity index (χ1n) is 10.9. The van der Waals surface area contributed by atoms with Gasteiger partial charge in [-0.3, -0.25) is 9.36 Å². The molecule has 0 atom stereocenters. The van der Waals surface area contributed by atoms with Gasteiger partial charge in [0.1, 0.15) is 23.3 Å². The molecule has 0 saturated heterocycles. The number of pyridine rings is 1. The smallest absolute Gasteiger partial charge is 0.497 e. The van der Waals surface area contributed by atoms with Crippen molar-refractivity contribution in [3.05, 3.63) is 64.6 Å². The van der Waals surface area contributed by atoms with Crippen molar-refractivity contribution in [1.29, 1.82) is 5.26 Å². The fourth-order valence-electron chi connectivity index (χ4n) is 3.61. The zero-order valence-corrected chi connectivity index (χ0v) is 21.6. The van der Waals surface area contributed by atoms with Crippen molar-refractivity contribution < 1.29 is 40.0 Å². The molecule has 0 fully saturated rings. The van der Waals surface area contributed by atoms with Gasteiger partial charge in [0.15, 0.2) is 17.0 Å².